The van der Waals surface area contributed by atoms with Crippen molar-refractivity contribution >= 4 is 35.2 Å². The molecule has 11 heteroatoms. The smallest absolute Gasteiger partial charge is 0.408 e. The van der Waals surface area contributed by atoms with Crippen molar-refractivity contribution in [2.24, 2.45) is 5.92 Å². The van der Waals surface area contributed by atoms with Gasteiger partial charge < -0.3 is 19.6 Å². The lowest BCUT2D eigenvalue weighted by Crippen LogP contribution is -2.64. The van der Waals surface area contributed by atoms with Crippen LogP contribution in [0.25, 0.3) is 0 Å². The van der Waals surface area contributed by atoms with Crippen molar-refractivity contribution in [3.05, 3.63) is 59.6 Å². The van der Waals surface area contributed by atoms with E-state index >= 15 is 0 Å². The number of likely N-dealkylation sites (tertiary alicyclic amines) is 1. The zero-order chi connectivity index (χ0) is 24.9. The van der Waals surface area contributed by atoms with Crippen LogP contribution in [0.3, 0.4) is 0 Å². The number of amides is 3. The van der Waals surface area contributed by atoms with Gasteiger partial charge >= 0.3 is 6.09 Å². The third-order valence-electron chi connectivity index (χ3n) is 6.42. The minimum absolute atomic E-state index is 0.0295. The number of ether oxygens (including phenoxy) is 1. The Morgan fingerprint density at radius 3 is 2.26 bits per heavy atom. The van der Waals surface area contributed by atoms with Crippen molar-refractivity contribution < 1.29 is 29.4 Å². The van der Waals surface area contributed by atoms with Crippen LogP contribution in [0.1, 0.15) is 6.42 Å². The molecule has 2 aromatic carbocycles. The molecular formula is C24H27ClN4O6. The summed E-state index contributed by atoms with van der Waals surface area (Å²) in [6, 6.07) is 15.2. The highest BCUT2D eigenvalue weighted by atomic mass is 35.5. The summed E-state index contributed by atoms with van der Waals surface area (Å²) >= 11 is 6.17. The van der Waals surface area contributed by atoms with Gasteiger partial charge in [-0.1, -0.05) is 41.9 Å². The zero-order valence-electron chi connectivity index (χ0n) is 18.9. The minimum atomic E-state index is -1.35. The third-order valence-corrected chi connectivity index (χ3v) is 6.73. The van der Waals surface area contributed by atoms with E-state index in [4.69, 9.17) is 16.3 Å². The second-order valence-corrected chi connectivity index (χ2v) is 8.92. The molecule has 2 heterocycles. The highest BCUT2D eigenvalue weighted by Gasteiger charge is 2.48. The number of nitrogens with zero attached hydrogens (tertiary/aromatic N) is 3. The zero-order valence-corrected chi connectivity index (χ0v) is 19.7. The van der Waals surface area contributed by atoms with E-state index in [1.807, 2.05) is 30.3 Å². The monoisotopic (exact) mass is 502 g/mol. The molecule has 4 rings (SSSR count). The normalized spacial score (nSPS) is 22.5. The standard InChI is InChI=1S/C24H27ClN4O6/c25-19-8-4-5-9-20(19)35-17-14-18(22(30)26-34)21(29(15-17)24(32)33)23(31)28-12-10-27(11-13-28)16-6-2-1-3-7-16/h1-9,17-18,21,34H,10-15H2,(H,26,30)(H,32,33)/t17-,18-,21-/m0/s1. The van der Waals surface area contributed by atoms with Gasteiger partial charge in [0.1, 0.15) is 17.9 Å². The van der Waals surface area contributed by atoms with E-state index < -0.39 is 36.0 Å². The number of hydrogen-bond donors (Lipinski definition) is 3. The van der Waals surface area contributed by atoms with Gasteiger partial charge in [0, 0.05) is 38.3 Å². The molecule has 0 aliphatic carbocycles. The minimum Gasteiger partial charge on any atom is -0.487 e. The van der Waals surface area contributed by atoms with Crippen molar-refractivity contribution in [1.29, 1.82) is 0 Å². The van der Waals surface area contributed by atoms with Crippen molar-refractivity contribution in [1.82, 2.24) is 15.3 Å². The largest absolute Gasteiger partial charge is 0.487 e. The first-order chi connectivity index (χ1) is 16.9. The number of benzene rings is 2. The van der Waals surface area contributed by atoms with Crippen LogP contribution < -0.4 is 15.1 Å². The fraction of sp³-hybridized carbons (Fsp3) is 0.375. The number of carboxylic acid groups (broad SMARTS) is 1. The molecule has 2 saturated heterocycles. The van der Waals surface area contributed by atoms with Crippen molar-refractivity contribution in [3.8, 4) is 5.75 Å². The van der Waals surface area contributed by atoms with Gasteiger partial charge in [-0.25, -0.2) is 10.3 Å². The molecule has 2 fully saturated rings. The van der Waals surface area contributed by atoms with Crippen LogP contribution in [0.15, 0.2) is 54.6 Å². The molecule has 0 bridgehead atoms. The lowest BCUT2D eigenvalue weighted by molar-refractivity contribution is -0.150. The Bertz CT molecular complexity index is 1060. The molecule has 0 aromatic heterocycles. The highest BCUT2D eigenvalue weighted by molar-refractivity contribution is 6.32. The Hall–Kier alpha value is -3.50. The quantitative estimate of drug-likeness (QED) is 0.423. The van der Waals surface area contributed by atoms with Gasteiger partial charge in [0.2, 0.25) is 11.8 Å². The molecule has 0 unspecified atom stereocenters. The van der Waals surface area contributed by atoms with E-state index in [9.17, 15) is 24.7 Å². The van der Waals surface area contributed by atoms with Crippen LogP contribution in [0, 0.1) is 5.92 Å². The Morgan fingerprint density at radius 2 is 1.63 bits per heavy atom. The first-order valence-corrected chi connectivity index (χ1v) is 11.7. The second kappa shape index (κ2) is 10.8. The summed E-state index contributed by atoms with van der Waals surface area (Å²) < 4.78 is 5.90. The van der Waals surface area contributed by atoms with Gasteiger partial charge in [0.05, 0.1) is 17.5 Å². The van der Waals surface area contributed by atoms with Gasteiger partial charge in [-0.15, -0.1) is 0 Å². The Balaban J connectivity index is 1.52. The van der Waals surface area contributed by atoms with Gasteiger partial charge in [0.15, 0.2) is 0 Å². The number of piperidine rings is 1. The van der Waals surface area contributed by atoms with Gasteiger partial charge in [-0.2, -0.15) is 0 Å². The average molecular weight is 503 g/mol. The molecule has 0 radical (unpaired) electrons. The number of piperazine rings is 1. The number of anilines is 1. The molecule has 2 aromatic rings. The van der Waals surface area contributed by atoms with Crippen LogP contribution in [-0.2, 0) is 9.59 Å². The van der Waals surface area contributed by atoms with Crippen molar-refractivity contribution in [2.75, 3.05) is 37.6 Å². The molecule has 35 heavy (non-hydrogen) atoms. The fourth-order valence-corrected chi connectivity index (χ4v) is 4.87. The summed E-state index contributed by atoms with van der Waals surface area (Å²) in [6.45, 7) is 1.78. The summed E-state index contributed by atoms with van der Waals surface area (Å²) in [6.07, 6.45) is -2.07. The molecule has 2 aliphatic rings. The van der Waals surface area contributed by atoms with E-state index in [2.05, 4.69) is 4.90 Å². The molecule has 0 spiro atoms. The number of carbonyl (C=O) groups is 3. The Morgan fingerprint density at radius 1 is 0.971 bits per heavy atom. The van der Waals surface area contributed by atoms with Gasteiger partial charge in [-0.05, 0) is 24.3 Å². The second-order valence-electron chi connectivity index (χ2n) is 8.52. The predicted molar refractivity (Wildman–Crippen MR) is 128 cm³/mol. The fourth-order valence-electron chi connectivity index (χ4n) is 4.69. The maximum atomic E-state index is 13.5. The summed E-state index contributed by atoms with van der Waals surface area (Å²) in [4.78, 5) is 43.0. The lowest BCUT2D eigenvalue weighted by Gasteiger charge is -2.44. The molecule has 0 saturated carbocycles. The average Bonchev–Trinajstić information content (AvgIpc) is 2.89. The van der Waals surface area contributed by atoms with E-state index in [0.717, 1.165) is 10.6 Å². The summed E-state index contributed by atoms with van der Waals surface area (Å²) in [5.74, 6) is -2.11. The maximum absolute atomic E-state index is 13.5. The van der Waals surface area contributed by atoms with E-state index in [0.29, 0.717) is 37.0 Å². The number of nitrogens with one attached hydrogen (secondary N) is 1. The maximum Gasteiger partial charge on any atom is 0.408 e. The van der Waals surface area contributed by atoms with E-state index in [1.165, 1.54) is 0 Å². The number of rotatable bonds is 5. The molecule has 3 amide bonds. The van der Waals surface area contributed by atoms with Gasteiger partial charge in [0.25, 0.3) is 0 Å². The number of carbonyl (C=O) groups excluding carboxylic acids is 2. The molecule has 3 N–H and O–H groups in total. The molecular weight excluding hydrogens is 476 g/mol. The predicted octanol–water partition coefficient (Wildman–Crippen LogP) is 2.31. The first kappa shape index (κ1) is 24.6. The third kappa shape index (κ3) is 5.44. The van der Waals surface area contributed by atoms with Crippen LogP contribution in [-0.4, -0.2) is 82.9 Å². The Kier molecular flexibility index (Phi) is 7.62. The molecule has 2 aliphatic heterocycles. The highest BCUT2D eigenvalue weighted by Crippen LogP contribution is 2.32. The summed E-state index contributed by atoms with van der Waals surface area (Å²) in [5, 5.41) is 19.6. The van der Waals surface area contributed by atoms with E-state index in [-0.39, 0.29) is 13.0 Å². The summed E-state index contributed by atoms with van der Waals surface area (Å²) in [7, 11) is 0. The van der Waals surface area contributed by atoms with Crippen LogP contribution in [0.5, 0.6) is 5.75 Å². The topological polar surface area (TPSA) is 123 Å². The van der Waals surface area contributed by atoms with Crippen molar-refractivity contribution in [2.45, 2.75) is 18.6 Å². The summed E-state index contributed by atoms with van der Waals surface area (Å²) in [5.41, 5.74) is 2.63. The van der Waals surface area contributed by atoms with Crippen LogP contribution in [0.4, 0.5) is 10.5 Å². The number of para-hydroxylation sites is 2. The Labute approximate surface area is 207 Å². The molecule has 3 atom stereocenters. The first-order valence-electron chi connectivity index (χ1n) is 11.3. The van der Waals surface area contributed by atoms with Crippen LogP contribution >= 0.6 is 11.6 Å². The van der Waals surface area contributed by atoms with Crippen molar-refractivity contribution in [3.63, 3.8) is 0 Å². The van der Waals surface area contributed by atoms with E-state index in [1.54, 1.807) is 34.6 Å². The molecule has 10 nitrogen and oxygen atoms in total. The lowest BCUT2D eigenvalue weighted by atomic mass is 9.86. The number of halogens is 1. The SMILES string of the molecule is O=C(NO)[C@H]1C[C@H](Oc2ccccc2Cl)CN(C(=O)O)[C@@H]1C(=O)N1CCN(c2ccccc2)CC1. The van der Waals surface area contributed by atoms with Gasteiger partial charge in [-0.3, -0.25) is 19.7 Å². The number of hydroxylamine groups is 1. The number of hydrogen-bond acceptors (Lipinski definition) is 6. The molecule has 186 valence electrons. The van der Waals surface area contributed by atoms with Crippen LogP contribution in [0.2, 0.25) is 5.02 Å².